The van der Waals surface area contributed by atoms with E-state index in [4.69, 9.17) is 9.47 Å². The quantitative estimate of drug-likeness (QED) is 0.750. The highest BCUT2D eigenvalue weighted by atomic mass is 32.2. The highest BCUT2D eigenvalue weighted by Crippen LogP contribution is 2.38. The van der Waals surface area contributed by atoms with Crippen molar-refractivity contribution in [1.29, 1.82) is 0 Å². The number of ether oxygens (including phenoxy) is 2. The number of amides is 1. The minimum atomic E-state index is 0.0962. The second-order valence-corrected chi connectivity index (χ2v) is 5.29. The molecule has 0 spiro atoms. The zero-order chi connectivity index (χ0) is 13.7. The predicted octanol–water partition coefficient (Wildman–Crippen LogP) is 2.31. The summed E-state index contributed by atoms with van der Waals surface area (Å²) < 4.78 is 10.5. The van der Waals surface area contributed by atoms with Crippen LogP contribution in [0.5, 0.6) is 5.75 Å². The molecule has 1 aromatic rings. The van der Waals surface area contributed by atoms with Gasteiger partial charge in [-0.15, -0.1) is 11.8 Å². The van der Waals surface area contributed by atoms with Gasteiger partial charge in [-0.2, -0.15) is 0 Å². The second kappa shape index (κ2) is 6.82. The van der Waals surface area contributed by atoms with E-state index in [9.17, 15) is 4.79 Å². The Labute approximate surface area is 118 Å². The maximum absolute atomic E-state index is 11.9. The van der Waals surface area contributed by atoms with Crippen molar-refractivity contribution >= 4 is 17.7 Å². The Morgan fingerprint density at radius 1 is 1.37 bits per heavy atom. The molecule has 1 amide bonds. The third kappa shape index (κ3) is 3.42. The third-order valence-corrected chi connectivity index (χ3v) is 4.31. The van der Waals surface area contributed by atoms with E-state index >= 15 is 0 Å². The van der Waals surface area contributed by atoms with Crippen molar-refractivity contribution in [2.45, 2.75) is 12.3 Å². The van der Waals surface area contributed by atoms with Crippen molar-refractivity contribution in [3.63, 3.8) is 0 Å². The Hall–Kier alpha value is -1.20. The summed E-state index contributed by atoms with van der Waals surface area (Å²) in [5.74, 6) is 1.56. The third-order valence-electron chi connectivity index (χ3n) is 3.05. The van der Waals surface area contributed by atoms with Crippen molar-refractivity contribution in [2.24, 2.45) is 0 Å². The van der Waals surface area contributed by atoms with E-state index in [1.165, 1.54) is 0 Å². The monoisotopic (exact) mass is 281 g/mol. The van der Waals surface area contributed by atoms with Gasteiger partial charge < -0.3 is 14.4 Å². The molecule has 1 aliphatic rings. The lowest BCUT2D eigenvalue weighted by Gasteiger charge is -2.24. The molecular formula is C14H19NO3S. The summed E-state index contributed by atoms with van der Waals surface area (Å²) in [4.78, 5) is 13.8. The summed E-state index contributed by atoms with van der Waals surface area (Å²) in [6.45, 7) is 3.88. The fourth-order valence-corrected chi connectivity index (χ4v) is 3.27. The van der Waals surface area contributed by atoms with Crippen molar-refractivity contribution in [3.05, 3.63) is 29.8 Å². The van der Waals surface area contributed by atoms with Crippen LogP contribution < -0.4 is 4.74 Å². The van der Waals surface area contributed by atoms with Gasteiger partial charge in [0.05, 0.1) is 19.5 Å². The van der Waals surface area contributed by atoms with Gasteiger partial charge in [0.2, 0.25) is 5.91 Å². The number of carbonyl (C=O) groups excluding carboxylic acids is 1. The lowest BCUT2D eigenvalue weighted by Crippen LogP contribution is -2.31. The fourth-order valence-electron chi connectivity index (χ4n) is 2.05. The van der Waals surface area contributed by atoms with E-state index in [1.807, 2.05) is 36.1 Å². The van der Waals surface area contributed by atoms with Crippen molar-refractivity contribution in [1.82, 2.24) is 4.90 Å². The van der Waals surface area contributed by atoms with Gasteiger partial charge in [-0.25, -0.2) is 0 Å². The number of rotatable bonds is 6. The normalized spacial score (nSPS) is 18.9. The van der Waals surface area contributed by atoms with Crippen molar-refractivity contribution < 1.29 is 14.3 Å². The number of hydrogen-bond donors (Lipinski definition) is 0. The lowest BCUT2D eigenvalue weighted by molar-refractivity contribution is -0.128. The van der Waals surface area contributed by atoms with Crippen LogP contribution in [0.4, 0.5) is 0 Å². The molecule has 0 saturated carbocycles. The van der Waals surface area contributed by atoms with Gasteiger partial charge in [0.15, 0.2) is 0 Å². The molecule has 0 aromatic heterocycles. The van der Waals surface area contributed by atoms with Crippen LogP contribution in [0.1, 0.15) is 17.9 Å². The molecule has 104 valence electrons. The van der Waals surface area contributed by atoms with Crippen LogP contribution in [0.2, 0.25) is 0 Å². The largest absolute Gasteiger partial charge is 0.497 e. The molecule has 0 N–H and O–H groups in total. The molecule has 4 nitrogen and oxygen atoms in total. The van der Waals surface area contributed by atoms with Gasteiger partial charge in [0.25, 0.3) is 0 Å². The smallest absolute Gasteiger partial charge is 0.233 e. The minimum absolute atomic E-state index is 0.0962. The summed E-state index contributed by atoms with van der Waals surface area (Å²) in [5.41, 5.74) is 1.13. The summed E-state index contributed by atoms with van der Waals surface area (Å²) in [6.07, 6.45) is 0. The van der Waals surface area contributed by atoms with E-state index in [1.54, 1.807) is 18.9 Å². The Kier molecular flexibility index (Phi) is 5.10. The molecule has 2 rings (SSSR count). The van der Waals surface area contributed by atoms with Crippen LogP contribution in [0.25, 0.3) is 0 Å². The summed E-state index contributed by atoms with van der Waals surface area (Å²) in [6, 6.07) is 7.89. The van der Waals surface area contributed by atoms with Crippen LogP contribution >= 0.6 is 11.8 Å². The molecule has 1 unspecified atom stereocenters. The fraction of sp³-hybridized carbons (Fsp3) is 0.500. The maximum atomic E-state index is 11.9. The molecule has 1 atom stereocenters. The van der Waals surface area contributed by atoms with Crippen LogP contribution in [-0.4, -0.2) is 43.4 Å². The molecule has 19 heavy (non-hydrogen) atoms. The van der Waals surface area contributed by atoms with Gasteiger partial charge in [-0.1, -0.05) is 12.1 Å². The van der Waals surface area contributed by atoms with Gasteiger partial charge >= 0.3 is 0 Å². The number of methoxy groups -OCH3 is 1. The first kappa shape index (κ1) is 14.2. The van der Waals surface area contributed by atoms with Crippen molar-refractivity contribution in [2.75, 3.05) is 32.6 Å². The van der Waals surface area contributed by atoms with Crippen LogP contribution in [0, 0.1) is 0 Å². The van der Waals surface area contributed by atoms with Gasteiger partial charge in [0, 0.05) is 13.2 Å². The van der Waals surface area contributed by atoms with Gasteiger partial charge in [-0.3, -0.25) is 4.79 Å². The Morgan fingerprint density at radius 2 is 2.11 bits per heavy atom. The average molecular weight is 281 g/mol. The van der Waals surface area contributed by atoms with E-state index in [0.717, 1.165) is 11.3 Å². The Balaban J connectivity index is 2.05. The van der Waals surface area contributed by atoms with E-state index in [2.05, 4.69) is 0 Å². The van der Waals surface area contributed by atoms with Gasteiger partial charge in [0.1, 0.15) is 11.1 Å². The zero-order valence-corrected chi connectivity index (χ0v) is 12.1. The molecule has 1 aromatic carbocycles. The van der Waals surface area contributed by atoms with Crippen molar-refractivity contribution in [3.8, 4) is 5.75 Å². The first-order valence-electron chi connectivity index (χ1n) is 6.39. The molecule has 0 bridgehead atoms. The number of benzene rings is 1. The Bertz CT molecular complexity index is 421. The molecule has 1 aliphatic heterocycles. The lowest BCUT2D eigenvalue weighted by atomic mass is 10.2. The molecule has 0 radical (unpaired) electrons. The van der Waals surface area contributed by atoms with E-state index < -0.39 is 0 Å². The molecule has 1 heterocycles. The van der Waals surface area contributed by atoms with E-state index in [0.29, 0.717) is 25.5 Å². The van der Waals surface area contributed by atoms with Crippen LogP contribution in [0.3, 0.4) is 0 Å². The highest BCUT2D eigenvalue weighted by Gasteiger charge is 2.32. The van der Waals surface area contributed by atoms with Crippen LogP contribution in [0.15, 0.2) is 24.3 Å². The Morgan fingerprint density at radius 3 is 2.74 bits per heavy atom. The molecule has 0 aliphatic carbocycles. The van der Waals surface area contributed by atoms with Crippen LogP contribution in [-0.2, 0) is 9.53 Å². The number of thioether (sulfide) groups is 1. The number of hydrogen-bond acceptors (Lipinski definition) is 4. The zero-order valence-electron chi connectivity index (χ0n) is 11.3. The molecular weight excluding hydrogens is 262 g/mol. The SMILES string of the molecule is CCOCCN1C(=O)CSC1c1ccc(OC)cc1. The maximum Gasteiger partial charge on any atom is 0.233 e. The highest BCUT2D eigenvalue weighted by molar-refractivity contribution is 8.00. The predicted molar refractivity (Wildman–Crippen MR) is 76.4 cm³/mol. The summed E-state index contributed by atoms with van der Waals surface area (Å²) >= 11 is 1.66. The summed E-state index contributed by atoms with van der Waals surface area (Å²) in [7, 11) is 1.65. The number of nitrogens with zero attached hydrogens (tertiary/aromatic N) is 1. The van der Waals surface area contributed by atoms with Gasteiger partial charge in [-0.05, 0) is 24.6 Å². The first-order chi connectivity index (χ1) is 9.26. The number of carbonyl (C=O) groups is 1. The summed E-state index contributed by atoms with van der Waals surface area (Å²) in [5, 5.41) is 0.0962. The molecule has 1 saturated heterocycles. The topological polar surface area (TPSA) is 38.8 Å². The first-order valence-corrected chi connectivity index (χ1v) is 7.44. The average Bonchev–Trinajstić information content (AvgIpc) is 2.81. The second-order valence-electron chi connectivity index (χ2n) is 4.22. The van der Waals surface area contributed by atoms with E-state index in [-0.39, 0.29) is 11.3 Å². The molecule has 5 heteroatoms. The standard InChI is InChI=1S/C14H19NO3S/c1-3-18-9-8-15-13(16)10-19-14(15)11-4-6-12(17-2)7-5-11/h4-7,14H,3,8-10H2,1-2H3. The molecule has 1 fully saturated rings. The minimum Gasteiger partial charge on any atom is -0.497 e.